The zero-order valence-electron chi connectivity index (χ0n) is 13.0. The Morgan fingerprint density at radius 2 is 2.17 bits per heavy atom. The van der Waals surface area contributed by atoms with E-state index in [0.717, 1.165) is 11.1 Å². The fourth-order valence-corrected chi connectivity index (χ4v) is 2.64. The van der Waals surface area contributed by atoms with E-state index in [0.29, 0.717) is 31.0 Å². The van der Waals surface area contributed by atoms with Crippen LogP contribution in [0.5, 0.6) is 0 Å². The van der Waals surface area contributed by atoms with Gasteiger partial charge in [0.1, 0.15) is 0 Å². The number of fused-ring (bicyclic) bond motifs is 1. The first kappa shape index (κ1) is 15.0. The molecule has 3 rings (SSSR count). The van der Waals surface area contributed by atoms with Crippen molar-refractivity contribution in [3.05, 3.63) is 41.5 Å². The number of aromatic nitrogens is 3. The smallest absolute Gasteiger partial charge is 0.319 e. The normalized spacial score (nSPS) is 13.4. The fourth-order valence-electron chi connectivity index (χ4n) is 2.64. The molecule has 23 heavy (non-hydrogen) atoms. The average molecular weight is 314 g/mol. The molecular weight excluding hydrogens is 296 g/mol. The number of hydrogen-bond donors (Lipinski definition) is 2. The van der Waals surface area contributed by atoms with Crippen LogP contribution < -0.4 is 5.32 Å². The Morgan fingerprint density at radius 1 is 1.35 bits per heavy atom. The van der Waals surface area contributed by atoms with Crippen LogP contribution in [-0.2, 0) is 13.0 Å². The van der Waals surface area contributed by atoms with E-state index in [-0.39, 0.29) is 11.9 Å². The summed E-state index contributed by atoms with van der Waals surface area (Å²) < 4.78 is 0. The molecule has 8 heteroatoms. The van der Waals surface area contributed by atoms with Gasteiger partial charge in [-0.25, -0.2) is 9.78 Å². The Kier molecular flexibility index (Phi) is 3.96. The molecule has 0 radical (unpaired) electrons. The first-order valence-electron chi connectivity index (χ1n) is 7.29. The number of hydrogen-bond acceptors (Lipinski definition) is 4. The van der Waals surface area contributed by atoms with E-state index in [1.807, 2.05) is 0 Å². The van der Waals surface area contributed by atoms with Crippen LogP contribution >= 0.6 is 0 Å². The molecule has 3 amide bonds. The number of pyridine rings is 1. The first-order valence-corrected chi connectivity index (χ1v) is 7.29. The lowest BCUT2D eigenvalue weighted by Gasteiger charge is -2.31. The van der Waals surface area contributed by atoms with Gasteiger partial charge in [0.05, 0.1) is 5.56 Å². The zero-order chi connectivity index (χ0) is 16.4. The Morgan fingerprint density at radius 3 is 2.87 bits per heavy atom. The topological polar surface area (TPSA) is 94.2 Å². The summed E-state index contributed by atoms with van der Waals surface area (Å²) >= 11 is 0. The lowest BCUT2D eigenvalue weighted by atomic mass is 9.97. The molecule has 2 aromatic heterocycles. The van der Waals surface area contributed by atoms with Crippen molar-refractivity contribution in [2.75, 3.05) is 26.0 Å². The molecule has 0 atom stereocenters. The van der Waals surface area contributed by atoms with Crippen LogP contribution in [0.25, 0.3) is 0 Å². The standard InChI is InChI=1S/C15H18N6O2/c1-20(2)15(23)21-6-3-11-10(9-21)7-16-8-12(11)13(22)19-14-17-4-5-18-14/h4-5,7-8H,3,6,9H2,1-2H3,(H2,17,18,19,22). The van der Waals surface area contributed by atoms with Crippen LogP contribution in [0.1, 0.15) is 21.5 Å². The summed E-state index contributed by atoms with van der Waals surface area (Å²) in [6.07, 6.45) is 7.10. The van der Waals surface area contributed by atoms with E-state index in [1.165, 1.54) is 0 Å². The number of aromatic amines is 1. The predicted molar refractivity (Wildman–Crippen MR) is 84.0 cm³/mol. The number of nitrogens with zero attached hydrogens (tertiary/aromatic N) is 4. The number of anilines is 1. The molecule has 1 aliphatic heterocycles. The Labute approximate surface area is 133 Å². The maximum absolute atomic E-state index is 12.4. The molecule has 3 heterocycles. The summed E-state index contributed by atoms with van der Waals surface area (Å²) in [6, 6.07) is -0.0407. The number of carbonyl (C=O) groups excluding carboxylic acids is 2. The molecule has 0 aliphatic carbocycles. The molecule has 8 nitrogen and oxygen atoms in total. The Balaban J connectivity index is 1.82. The van der Waals surface area contributed by atoms with Gasteiger partial charge in [-0.3, -0.25) is 15.1 Å². The highest BCUT2D eigenvalue weighted by Gasteiger charge is 2.25. The van der Waals surface area contributed by atoms with Crippen LogP contribution in [0.15, 0.2) is 24.8 Å². The molecule has 1 aliphatic rings. The molecule has 0 fully saturated rings. The SMILES string of the molecule is CN(C)C(=O)N1CCc2c(cncc2C(=O)Nc2ncc[nH]2)C1. The number of H-pyrrole nitrogens is 1. The number of rotatable bonds is 2. The number of imidazole rings is 1. The van der Waals surface area contributed by atoms with Crippen molar-refractivity contribution < 1.29 is 9.59 Å². The van der Waals surface area contributed by atoms with Crippen LogP contribution in [0.2, 0.25) is 0 Å². The second kappa shape index (κ2) is 6.07. The second-order valence-electron chi connectivity index (χ2n) is 5.57. The first-order chi connectivity index (χ1) is 11.1. The van der Waals surface area contributed by atoms with Crippen molar-refractivity contribution in [2.45, 2.75) is 13.0 Å². The van der Waals surface area contributed by atoms with E-state index >= 15 is 0 Å². The molecule has 0 saturated heterocycles. The van der Waals surface area contributed by atoms with Gasteiger partial charge in [-0.2, -0.15) is 0 Å². The van der Waals surface area contributed by atoms with Crippen LogP contribution in [-0.4, -0.2) is 57.3 Å². The molecule has 2 N–H and O–H groups in total. The monoisotopic (exact) mass is 314 g/mol. The van der Waals surface area contributed by atoms with Crippen LogP contribution in [0.4, 0.5) is 10.7 Å². The van der Waals surface area contributed by atoms with E-state index in [4.69, 9.17) is 0 Å². The van der Waals surface area contributed by atoms with Crippen LogP contribution in [0, 0.1) is 0 Å². The van der Waals surface area contributed by atoms with Crippen molar-refractivity contribution >= 4 is 17.9 Å². The van der Waals surface area contributed by atoms with Crippen molar-refractivity contribution in [3.8, 4) is 0 Å². The Hall–Kier alpha value is -2.90. The number of urea groups is 1. The molecular formula is C15H18N6O2. The van der Waals surface area contributed by atoms with Crippen LogP contribution in [0.3, 0.4) is 0 Å². The molecule has 0 unspecified atom stereocenters. The second-order valence-corrected chi connectivity index (χ2v) is 5.57. The average Bonchev–Trinajstić information content (AvgIpc) is 3.05. The predicted octanol–water partition coefficient (Wildman–Crippen LogP) is 1.10. The number of nitrogens with one attached hydrogen (secondary N) is 2. The highest BCUT2D eigenvalue weighted by Crippen LogP contribution is 2.22. The minimum atomic E-state index is -0.253. The summed E-state index contributed by atoms with van der Waals surface area (Å²) in [7, 11) is 3.45. The minimum Gasteiger partial charge on any atom is -0.331 e. The van der Waals surface area contributed by atoms with Gasteiger partial charge in [0, 0.05) is 52.0 Å². The van der Waals surface area contributed by atoms with Gasteiger partial charge < -0.3 is 14.8 Å². The summed E-state index contributed by atoms with van der Waals surface area (Å²) in [4.78, 5) is 38.7. The molecule has 0 aromatic carbocycles. The molecule has 0 saturated carbocycles. The third kappa shape index (κ3) is 3.01. The minimum absolute atomic E-state index is 0.0407. The van der Waals surface area contributed by atoms with Gasteiger partial charge in [-0.1, -0.05) is 0 Å². The quantitative estimate of drug-likeness (QED) is 0.868. The van der Waals surface area contributed by atoms with Crippen molar-refractivity contribution in [3.63, 3.8) is 0 Å². The van der Waals surface area contributed by atoms with Gasteiger partial charge in [0.2, 0.25) is 5.95 Å². The van der Waals surface area contributed by atoms with E-state index in [9.17, 15) is 9.59 Å². The lowest BCUT2D eigenvalue weighted by Crippen LogP contribution is -2.42. The molecule has 0 spiro atoms. The zero-order valence-corrected chi connectivity index (χ0v) is 13.0. The van der Waals surface area contributed by atoms with Crippen molar-refractivity contribution in [2.24, 2.45) is 0 Å². The highest BCUT2D eigenvalue weighted by molar-refractivity contribution is 6.04. The van der Waals surface area contributed by atoms with E-state index < -0.39 is 0 Å². The maximum Gasteiger partial charge on any atom is 0.319 e. The maximum atomic E-state index is 12.4. The summed E-state index contributed by atoms with van der Waals surface area (Å²) in [5.41, 5.74) is 2.36. The van der Waals surface area contributed by atoms with Crippen molar-refractivity contribution in [1.82, 2.24) is 24.8 Å². The summed E-state index contributed by atoms with van der Waals surface area (Å²) in [6.45, 7) is 1.04. The van der Waals surface area contributed by atoms with Gasteiger partial charge >= 0.3 is 6.03 Å². The van der Waals surface area contributed by atoms with E-state index in [1.54, 1.807) is 48.7 Å². The molecule has 0 bridgehead atoms. The largest absolute Gasteiger partial charge is 0.331 e. The number of carbonyl (C=O) groups is 2. The molecule has 120 valence electrons. The van der Waals surface area contributed by atoms with Gasteiger partial charge in [0.15, 0.2) is 0 Å². The fraction of sp³-hybridized carbons (Fsp3) is 0.333. The van der Waals surface area contributed by atoms with E-state index in [2.05, 4.69) is 20.3 Å². The lowest BCUT2D eigenvalue weighted by molar-refractivity contribution is 0.102. The molecule has 2 aromatic rings. The third-order valence-corrected chi connectivity index (χ3v) is 3.77. The van der Waals surface area contributed by atoms with Gasteiger partial charge in [-0.05, 0) is 17.5 Å². The summed E-state index contributed by atoms with van der Waals surface area (Å²) in [5.74, 6) is 0.143. The van der Waals surface area contributed by atoms with Gasteiger partial charge in [-0.15, -0.1) is 0 Å². The Bertz CT molecular complexity index is 726. The highest BCUT2D eigenvalue weighted by atomic mass is 16.2. The van der Waals surface area contributed by atoms with Gasteiger partial charge in [0.25, 0.3) is 5.91 Å². The summed E-state index contributed by atoms with van der Waals surface area (Å²) in [5, 5.41) is 2.71. The third-order valence-electron chi connectivity index (χ3n) is 3.77. The van der Waals surface area contributed by atoms with Crippen molar-refractivity contribution in [1.29, 1.82) is 0 Å². The number of amides is 3.